The van der Waals surface area contributed by atoms with Gasteiger partial charge in [0.25, 0.3) is 0 Å². The molecule has 0 aromatic heterocycles. The molecule has 5 nitrogen and oxygen atoms in total. The first kappa shape index (κ1) is 21.1. The summed E-state index contributed by atoms with van der Waals surface area (Å²) in [4.78, 5) is 2.11. The van der Waals surface area contributed by atoms with Gasteiger partial charge in [-0.1, -0.05) is 36.4 Å². The number of anilines is 1. The Bertz CT molecular complexity index is 1000. The van der Waals surface area contributed by atoms with Crippen molar-refractivity contribution in [3.05, 3.63) is 83.4 Å². The Morgan fingerprint density at radius 3 is 2.52 bits per heavy atom. The zero-order chi connectivity index (χ0) is 21.6. The van der Waals surface area contributed by atoms with Gasteiger partial charge in [0.2, 0.25) is 6.79 Å². The summed E-state index contributed by atoms with van der Waals surface area (Å²) in [5.74, 6) is 2.71. The van der Waals surface area contributed by atoms with E-state index in [0.717, 1.165) is 36.8 Å². The zero-order valence-corrected chi connectivity index (χ0v) is 18.4. The molecule has 5 heteroatoms. The lowest BCUT2D eigenvalue weighted by molar-refractivity contribution is 0.174. The average Bonchev–Trinajstić information content (AvgIpc) is 3.27. The Labute approximate surface area is 184 Å². The van der Waals surface area contributed by atoms with Gasteiger partial charge >= 0.3 is 0 Å². The largest absolute Gasteiger partial charge is 0.496 e. The van der Waals surface area contributed by atoms with Crippen LogP contribution in [-0.2, 0) is 6.54 Å². The predicted molar refractivity (Wildman–Crippen MR) is 124 cm³/mol. The molecule has 0 fully saturated rings. The van der Waals surface area contributed by atoms with Crippen LogP contribution in [0.4, 0.5) is 5.69 Å². The van der Waals surface area contributed by atoms with Crippen molar-refractivity contribution in [1.82, 2.24) is 5.32 Å². The molecule has 1 aliphatic rings. The molecule has 31 heavy (non-hydrogen) atoms. The number of fused-ring (bicyclic) bond motifs is 1. The van der Waals surface area contributed by atoms with Crippen LogP contribution < -0.4 is 24.4 Å². The molecule has 0 aliphatic carbocycles. The highest BCUT2D eigenvalue weighted by Gasteiger charge is 2.21. The van der Waals surface area contributed by atoms with Crippen molar-refractivity contribution in [2.45, 2.75) is 18.9 Å². The second-order valence-electron chi connectivity index (χ2n) is 7.93. The SMILES string of the molecule is COc1ccccc1C(CCNCc1ccc(N(C)C)cc1)c1ccc2c(c1)OCO2. The van der Waals surface area contributed by atoms with Crippen LogP contribution in [0.3, 0.4) is 0 Å². The minimum Gasteiger partial charge on any atom is -0.496 e. The molecule has 1 heterocycles. The van der Waals surface area contributed by atoms with Crippen molar-refractivity contribution in [2.75, 3.05) is 39.4 Å². The van der Waals surface area contributed by atoms with E-state index in [-0.39, 0.29) is 12.7 Å². The minimum absolute atomic E-state index is 0.189. The number of nitrogens with zero attached hydrogens (tertiary/aromatic N) is 1. The number of rotatable bonds is 9. The van der Waals surface area contributed by atoms with Gasteiger partial charge in [-0.3, -0.25) is 0 Å². The van der Waals surface area contributed by atoms with Crippen molar-refractivity contribution in [2.24, 2.45) is 0 Å². The van der Waals surface area contributed by atoms with Gasteiger partial charge < -0.3 is 24.4 Å². The third kappa shape index (κ3) is 4.94. The lowest BCUT2D eigenvalue weighted by Gasteiger charge is -2.21. The fourth-order valence-electron chi connectivity index (χ4n) is 3.98. The molecule has 0 amide bonds. The van der Waals surface area contributed by atoms with Crippen molar-refractivity contribution in [3.63, 3.8) is 0 Å². The van der Waals surface area contributed by atoms with Gasteiger partial charge in [0.05, 0.1) is 7.11 Å². The second kappa shape index (κ2) is 9.75. The maximum absolute atomic E-state index is 5.67. The van der Waals surface area contributed by atoms with E-state index in [1.165, 1.54) is 22.4 Å². The molecule has 3 aromatic carbocycles. The molecular formula is C26H30N2O3. The quantitative estimate of drug-likeness (QED) is 0.506. The van der Waals surface area contributed by atoms with E-state index in [9.17, 15) is 0 Å². The maximum Gasteiger partial charge on any atom is 0.231 e. The summed E-state index contributed by atoms with van der Waals surface area (Å²) in [5, 5.41) is 3.60. The standard InChI is InChI=1S/C26H30N2O3/c1-28(2)21-11-8-19(9-12-21)17-27-15-14-22(23-6-4-5-7-24(23)29-3)20-10-13-25-26(16-20)31-18-30-25/h4-13,16,22,27H,14-15,17-18H2,1-3H3. The molecule has 0 saturated carbocycles. The Hall–Kier alpha value is -3.18. The Morgan fingerprint density at radius 2 is 1.74 bits per heavy atom. The van der Waals surface area contributed by atoms with Crippen LogP contribution >= 0.6 is 0 Å². The highest BCUT2D eigenvalue weighted by molar-refractivity contribution is 5.49. The van der Waals surface area contributed by atoms with Crippen LogP contribution in [0, 0.1) is 0 Å². The van der Waals surface area contributed by atoms with Gasteiger partial charge in [-0.25, -0.2) is 0 Å². The summed E-state index contributed by atoms with van der Waals surface area (Å²) in [6.07, 6.45) is 0.940. The number of methoxy groups -OCH3 is 1. The van der Waals surface area contributed by atoms with E-state index in [1.807, 2.05) is 18.2 Å². The molecule has 1 aliphatic heterocycles. The molecule has 0 spiro atoms. The monoisotopic (exact) mass is 418 g/mol. The Kier molecular flexibility index (Phi) is 6.63. The smallest absolute Gasteiger partial charge is 0.231 e. The Morgan fingerprint density at radius 1 is 0.968 bits per heavy atom. The van der Waals surface area contributed by atoms with E-state index >= 15 is 0 Å². The van der Waals surface area contributed by atoms with Crippen molar-refractivity contribution in [1.29, 1.82) is 0 Å². The normalized spacial score (nSPS) is 13.1. The third-order valence-electron chi connectivity index (χ3n) is 5.70. The fraction of sp³-hybridized carbons (Fsp3) is 0.308. The van der Waals surface area contributed by atoms with Crippen LogP contribution in [0.15, 0.2) is 66.7 Å². The Balaban J connectivity index is 1.47. The van der Waals surface area contributed by atoms with E-state index in [1.54, 1.807) is 7.11 Å². The highest BCUT2D eigenvalue weighted by atomic mass is 16.7. The van der Waals surface area contributed by atoms with Crippen LogP contribution in [0.5, 0.6) is 17.2 Å². The molecule has 4 rings (SSSR count). The average molecular weight is 419 g/mol. The van der Waals surface area contributed by atoms with Crippen molar-refractivity contribution >= 4 is 5.69 Å². The number of hydrogen-bond donors (Lipinski definition) is 1. The van der Waals surface area contributed by atoms with Gasteiger partial charge in [-0.2, -0.15) is 0 Å². The summed E-state index contributed by atoms with van der Waals surface area (Å²) in [6, 6.07) is 23.1. The topological polar surface area (TPSA) is 43.0 Å². The van der Waals surface area contributed by atoms with Gasteiger partial charge in [-0.15, -0.1) is 0 Å². The molecule has 1 unspecified atom stereocenters. The summed E-state index contributed by atoms with van der Waals surface area (Å²) < 4.78 is 16.8. The summed E-state index contributed by atoms with van der Waals surface area (Å²) in [5.41, 5.74) is 4.87. The number of benzene rings is 3. The number of para-hydroxylation sites is 1. The third-order valence-corrected chi connectivity index (χ3v) is 5.70. The predicted octanol–water partition coefficient (Wildman–Crippen LogP) is 4.80. The summed E-state index contributed by atoms with van der Waals surface area (Å²) >= 11 is 0. The van der Waals surface area contributed by atoms with Crippen LogP contribution in [0.25, 0.3) is 0 Å². The molecule has 1 N–H and O–H groups in total. The number of ether oxygens (including phenoxy) is 3. The zero-order valence-electron chi connectivity index (χ0n) is 18.4. The molecule has 0 radical (unpaired) electrons. The van der Waals surface area contributed by atoms with Gasteiger partial charge in [0.15, 0.2) is 11.5 Å². The number of nitrogens with one attached hydrogen (secondary N) is 1. The molecule has 1 atom stereocenters. The van der Waals surface area contributed by atoms with Crippen molar-refractivity contribution in [3.8, 4) is 17.2 Å². The maximum atomic E-state index is 5.67. The number of hydrogen-bond acceptors (Lipinski definition) is 5. The molecule has 162 valence electrons. The summed E-state index contributed by atoms with van der Waals surface area (Å²) in [7, 11) is 5.84. The minimum atomic E-state index is 0.189. The molecular weight excluding hydrogens is 388 g/mol. The lowest BCUT2D eigenvalue weighted by atomic mass is 9.87. The van der Waals surface area contributed by atoms with E-state index in [4.69, 9.17) is 14.2 Å². The fourth-order valence-corrected chi connectivity index (χ4v) is 3.98. The first-order valence-electron chi connectivity index (χ1n) is 10.6. The molecule has 3 aromatic rings. The molecule has 0 saturated heterocycles. The summed E-state index contributed by atoms with van der Waals surface area (Å²) in [6.45, 7) is 2.01. The van der Waals surface area contributed by atoms with Gasteiger partial charge in [0, 0.05) is 37.8 Å². The second-order valence-corrected chi connectivity index (χ2v) is 7.93. The first-order valence-corrected chi connectivity index (χ1v) is 10.6. The molecule has 0 bridgehead atoms. The van der Waals surface area contributed by atoms with Gasteiger partial charge in [-0.05, 0) is 54.4 Å². The highest BCUT2D eigenvalue weighted by Crippen LogP contribution is 2.39. The van der Waals surface area contributed by atoms with Crippen LogP contribution in [-0.4, -0.2) is 34.5 Å². The van der Waals surface area contributed by atoms with Crippen molar-refractivity contribution < 1.29 is 14.2 Å². The van der Waals surface area contributed by atoms with Crippen LogP contribution in [0.1, 0.15) is 29.0 Å². The van der Waals surface area contributed by atoms with E-state index in [0.29, 0.717) is 0 Å². The van der Waals surface area contributed by atoms with E-state index < -0.39 is 0 Å². The van der Waals surface area contributed by atoms with E-state index in [2.05, 4.69) is 72.8 Å². The van der Waals surface area contributed by atoms with Gasteiger partial charge in [0.1, 0.15) is 5.75 Å². The van der Waals surface area contributed by atoms with Crippen LogP contribution in [0.2, 0.25) is 0 Å². The lowest BCUT2D eigenvalue weighted by Crippen LogP contribution is -2.18. The first-order chi connectivity index (χ1) is 15.2.